The highest BCUT2D eigenvalue weighted by Gasteiger charge is 2.34. The molecule has 0 spiro atoms. The van der Waals surface area contributed by atoms with Gasteiger partial charge >= 0.3 is 5.97 Å². The van der Waals surface area contributed by atoms with Crippen LogP contribution < -0.4 is 10.1 Å². The quantitative estimate of drug-likeness (QED) is 0.403. The normalized spacial score (nSPS) is 16.0. The fraction of sp³-hybridized carbons (Fsp3) is 0.462. The number of para-hydroxylation sites is 1. The van der Waals surface area contributed by atoms with Crippen molar-refractivity contribution in [2.24, 2.45) is 11.3 Å². The molecule has 0 saturated heterocycles. The van der Waals surface area contributed by atoms with E-state index in [4.69, 9.17) is 9.47 Å². The van der Waals surface area contributed by atoms with Gasteiger partial charge in [-0.2, -0.15) is 0 Å². The lowest BCUT2D eigenvalue weighted by Gasteiger charge is -2.33. The first kappa shape index (κ1) is 24.1. The molecule has 1 aromatic carbocycles. The largest absolute Gasteiger partial charge is 0.493 e. The molecular formula is C26H33NO4S. The van der Waals surface area contributed by atoms with E-state index in [1.807, 2.05) is 24.3 Å². The third-order valence-corrected chi connectivity index (χ3v) is 7.08. The zero-order valence-corrected chi connectivity index (χ0v) is 20.4. The minimum Gasteiger partial charge on any atom is -0.493 e. The monoisotopic (exact) mass is 455 g/mol. The molecular weight excluding hydrogens is 422 g/mol. The first-order valence-corrected chi connectivity index (χ1v) is 12.0. The Labute approximate surface area is 194 Å². The maximum Gasteiger partial charge on any atom is 0.341 e. The average molecular weight is 456 g/mol. The molecule has 1 aliphatic carbocycles. The zero-order valence-electron chi connectivity index (χ0n) is 19.6. The maximum atomic E-state index is 12.7. The van der Waals surface area contributed by atoms with Gasteiger partial charge < -0.3 is 14.8 Å². The molecule has 2 aromatic rings. The van der Waals surface area contributed by atoms with Crippen LogP contribution in [0.4, 0.5) is 5.00 Å². The van der Waals surface area contributed by atoms with Crippen molar-refractivity contribution in [1.29, 1.82) is 0 Å². The summed E-state index contributed by atoms with van der Waals surface area (Å²) >= 11 is 1.50. The van der Waals surface area contributed by atoms with Crippen LogP contribution in [0.15, 0.2) is 30.3 Å². The van der Waals surface area contributed by atoms with Gasteiger partial charge in [0.25, 0.3) is 0 Å². The van der Waals surface area contributed by atoms with Crippen LogP contribution in [-0.4, -0.2) is 25.6 Å². The summed E-state index contributed by atoms with van der Waals surface area (Å²) in [7, 11) is 1.38. The van der Waals surface area contributed by atoms with Crippen LogP contribution in [0.1, 0.15) is 66.9 Å². The molecule has 0 bridgehead atoms. The number of carbonyl (C=O) groups excluding carboxylic acids is 2. The van der Waals surface area contributed by atoms with Crippen LogP contribution in [0.5, 0.6) is 5.75 Å². The van der Waals surface area contributed by atoms with Crippen molar-refractivity contribution in [1.82, 2.24) is 0 Å². The van der Waals surface area contributed by atoms with Crippen molar-refractivity contribution in [3.05, 3.63) is 51.9 Å². The molecule has 32 heavy (non-hydrogen) atoms. The van der Waals surface area contributed by atoms with Crippen LogP contribution in [0, 0.1) is 11.3 Å². The van der Waals surface area contributed by atoms with E-state index in [-0.39, 0.29) is 11.3 Å². The van der Waals surface area contributed by atoms with Crippen molar-refractivity contribution in [3.63, 3.8) is 0 Å². The predicted molar refractivity (Wildman–Crippen MR) is 131 cm³/mol. The number of methoxy groups -OCH3 is 1. The van der Waals surface area contributed by atoms with Crippen LogP contribution in [0.3, 0.4) is 0 Å². The smallest absolute Gasteiger partial charge is 0.341 e. The maximum absolute atomic E-state index is 12.7. The van der Waals surface area contributed by atoms with Crippen molar-refractivity contribution in [2.45, 2.75) is 53.4 Å². The highest BCUT2D eigenvalue weighted by molar-refractivity contribution is 7.17. The summed E-state index contributed by atoms with van der Waals surface area (Å²) in [5.41, 5.74) is 2.57. The van der Waals surface area contributed by atoms with E-state index in [1.54, 1.807) is 6.08 Å². The second-order valence-corrected chi connectivity index (χ2v) is 10.3. The first-order chi connectivity index (χ1) is 15.2. The Kier molecular flexibility index (Phi) is 7.77. The van der Waals surface area contributed by atoms with E-state index in [0.717, 1.165) is 42.6 Å². The molecule has 1 N–H and O–H groups in total. The number of hydrogen-bond donors (Lipinski definition) is 1. The molecule has 1 aromatic heterocycles. The number of ether oxygens (including phenoxy) is 2. The predicted octanol–water partition coefficient (Wildman–Crippen LogP) is 6.13. The molecule has 172 valence electrons. The summed E-state index contributed by atoms with van der Waals surface area (Å²) in [4.78, 5) is 26.5. The zero-order chi connectivity index (χ0) is 23.3. The molecule has 0 fully saturated rings. The fourth-order valence-electron chi connectivity index (χ4n) is 4.01. The topological polar surface area (TPSA) is 64.6 Å². The van der Waals surface area contributed by atoms with Crippen LogP contribution in [-0.2, 0) is 22.4 Å². The highest BCUT2D eigenvalue weighted by atomic mass is 32.1. The van der Waals surface area contributed by atoms with Crippen LogP contribution >= 0.6 is 11.3 Å². The Bertz CT molecular complexity index is 1000. The number of carbonyl (C=O) groups is 2. The number of amides is 1. The summed E-state index contributed by atoms with van der Waals surface area (Å²) in [6.45, 7) is 9.44. The number of benzene rings is 1. The number of anilines is 1. The second kappa shape index (κ2) is 10.3. The van der Waals surface area contributed by atoms with Gasteiger partial charge in [-0.1, -0.05) is 45.9 Å². The van der Waals surface area contributed by atoms with E-state index >= 15 is 0 Å². The molecule has 0 radical (unpaired) electrons. The Balaban J connectivity index is 1.82. The number of esters is 1. The van der Waals surface area contributed by atoms with Gasteiger partial charge in [0.15, 0.2) is 0 Å². The number of fused-ring (bicyclic) bond motifs is 1. The second-order valence-electron chi connectivity index (χ2n) is 9.21. The van der Waals surface area contributed by atoms with Crippen LogP contribution in [0.25, 0.3) is 6.08 Å². The summed E-state index contributed by atoms with van der Waals surface area (Å²) in [6, 6.07) is 7.61. The first-order valence-electron chi connectivity index (χ1n) is 11.2. The van der Waals surface area contributed by atoms with Gasteiger partial charge in [-0.15, -0.1) is 11.3 Å². The summed E-state index contributed by atoms with van der Waals surface area (Å²) in [6.07, 6.45) is 6.90. The highest BCUT2D eigenvalue weighted by Crippen LogP contribution is 2.44. The third-order valence-electron chi connectivity index (χ3n) is 5.91. The molecule has 1 amide bonds. The van der Waals surface area contributed by atoms with Crippen LogP contribution in [0.2, 0.25) is 0 Å². The van der Waals surface area contributed by atoms with E-state index < -0.39 is 5.97 Å². The van der Waals surface area contributed by atoms with Gasteiger partial charge in [-0.05, 0) is 54.7 Å². The Hall–Kier alpha value is -2.60. The van der Waals surface area contributed by atoms with Gasteiger partial charge in [0.05, 0.1) is 19.3 Å². The van der Waals surface area contributed by atoms with Crippen molar-refractivity contribution in [3.8, 4) is 5.75 Å². The molecule has 1 heterocycles. The number of nitrogens with one attached hydrogen (secondary N) is 1. The number of thiophene rings is 1. The molecule has 5 nitrogen and oxygen atoms in total. The lowest BCUT2D eigenvalue weighted by atomic mass is 9.72. The van der Waals surface area contributed by atoms with Crippen molar-refractivity contribution < 1.29 is 19.1 Å². The number of hydrogen-bond acceptors (Lipinski definition) is 5. The summed E-state index contributed by atoms with van der Waals surface area (Å²) < 4.78 is 10.8. The van der Waals surface area contributed by atoms with Gasteiger partial charge in [-0.3, -0.25) is 4.79 Å². The minimum absolute atomic E-state index is 0.201. The molecule has 1 atom stereocenters. The number of rotatable bonds is 7. The lowest BCUT2D eigenvalue weighted by Crippen LogP contribution is -2.26. The van der Waals surface area contributed by atoms with Gasteiger partial charge in [0, 0.05) is 16.5 Å². The summed E-state index contributed by atoms with van der Waals surface area (Å²) in [5.74, 6) is 0.608. The molecule has 6 heteroatoms. The average Bonchev–Trinajstić information content (AvgIpc) is 3.12. The Morgan fingerprint density at radius 2 is 2.00 bits per heavy atom. The van der Waals surface area contributed by atoms with Crippen molar-refractivity contribution in [2.75, 3.05) is 19.0 Å². The Morgan fingerprint density at radius 1 is 1.25 bits per heavy atom. The van der Waals surface area contributed by atoms with E-state index in [9.17, 15) is 9.59 Å². The SMILES string of the molecule is CCCOc1ccccc1C=CC(=O)Nc1sc2c(c1C(=O)OC)CCC(C(C)(C)C)C2. The summed E-state index contributed by atoms with van der Waals surface area (Å²) in [5, 5.41) is 3.49. The molecule has 0 saturated carbocycles. The van der Waals surface area contributed by atoms with E-state index in [1.165, 1.54) is 29.4 Å². The third kappa shape index (κ3) is 5.60. The fourth-order valence-corrected chi connectivity index (χ4v) is 5.33. The molecule has 1 unspecified atom stereocenters. The van der Waals surface area contributed by atoms with E-state index in [2.05, 4.69) is 33.0 Å². The van der Waals surface area contributed by atoms with Gasteiger partial charge in [-0.25, -0.2) is 4.79 Å². The van der Waals surface area contributed by atoms with Gasteiger partial charge in [0.2, 0.25) is 5.91 Å². The lowest BCUT2D eigenvalue weighted by molar-refractivity contribution is -0.111. The van der Waals surface area contributed by atoms with Crippen molar-refractivity contribution >= 4 is 34.3 Å². The molecule has 1 aliphatic rings. The molecule has 0 aliphatic heterocycles. The standard InChI is InChI=1S/C26H33NO4S/c1-6-15-31-20-10-8-7-9-17(20)11-14-22(28)27-24-23(25(29)30-5)19-13-12-18(26(2,3)4)16-21(19)32-24/h7-11,14,18H,6,12-13,15-16H2,1-5H3,(H,27,28). The Morgan fingerprint density at radius 3 is 2.69 bits per heavy atom. The minimum atomic E-state index is -0.394. The van der Waals surface area contributed by atoms with Gasteiger partial charge in [0.1, 0.15) is 10.8 Å². The van der Waals surface area contributed by atoms with E-state index in [0.29, 0.717) is 23.1 Å². The molecule has 3 rings (SSSR count).